The molecule has 2 aliphatic heterocycles. The van der Waals surface area contributed by atoms with Gasteiger partial charge >= 0.3 is 0 Å². The molecule has 41 heavy (non-hydrogen) atoms. The molecule has 2 aliphatic rings. The van der Waals surface area contributed by atoms with Crippen molar-refractivity contribution in [2.45, 2.75) is 64.5 Å². The highest BCUT2D eigenvalue weighted by atomic mass is 16.4. The van der Waals surface area contributed by atoms with Crippen LogP contribution in [0.2, 0.25) is 0 Å². The molecule has 1 aromatic heterocycles. The number of carbonyl (C=O) groups is 4. The van der Waals surface area contributed by atoms with E-state index in [0.29, 0.717) is 61.8 Å². The molecule has 0 saturated carbocycles. The van der Waals surface area contributed by atoms with Gasteiger partial charge in [-0.15, -0.1) is 0 Å². The fourth-order valence-electron chi connectivity index (χ4n) is 5.49. The van der Waals surface area contributed by atoms with Crippen LogP contribution in [0.25, 0.3) is 22.8 Å². The minimum Gasteiger partial charge on any atom is -0.436 e. The predicted molar refractivity (Wildman–Crippen MR) is 155 cm³/mol. The zero-order valence-corrected chi connectivity index (χ0v) is 23.4. The number of aromatic nitrogens is 1. The lowest BCUT2D eigenvalue weighted by Gasteiger charge is -2.23. The monoisotopic (exact) mass is 557 g/mol. The molecule has 5 rings (SSSR count). The third kappa shape index (κ3) is 6.16. The Hall–Kier alpha value is -4.47. The van der Waals surface area contributed by atoms with Crippen LogP contribution in [0.15, 0.2) is 59.1 Å². The van der Waals surface area contributed by atoms with Gasteiger partial charge in [0, 0.05) is 48.4 Å². The highest BCUT2D eigenvalue weighted by Gasteiger charge is 2.34. The maximum atomic E-state index is 12.8. The Morgan fingerprint density at radius 3 is 1.68 bits per heavy atom. The SMILES string of the molecule is CCC(=O)N1CCCC1C(=O)Nc1ccc(-c2cnc(-c3ccc(NC(=O)C4CCCN4C(=O)CC)cc3)o2)cc1. The van der Waals surface area contributed by atoms with Gasteiger partial charge in [0.25, 0.3) is 0 Å². The van der Waals surface area contributed by atoms with Gasteiger partial charge in [0.2, 0.25) is 29.5 Å². The third-order valence-electron chi connectivity index (χ3n) is 7.70. The Morgan fingerprint density at radius 1 is 0.756 bits per heavy atom. The fraction of sp³-hybridized carbons (Fsp3) is 0.387. The molecule has 2 unspecified atom stereocenters. The zero-order valence-electron chi connectivity index (χ0n) is 23.4. The molecule has 4 amide bonds. The number of oxazole rings is 1. The normalized spacial score (nSPS) is 18.4. The summed E-state index contributed by atoms with van der Waals surface area (Å²) in [5, 5.41) is 5.84. The van der Waals surface area contributed by atoms with Gasteiger partial charge in [-0.05, 0) is 74.2 Å². The molecule has 2 N–H and O–H groups in total. The maximum absolute atomic E-state index is 12.8. The van der Waals surface area contributed by atoms with Gasteiger partial charge in [0.15, 0.2) is 5.76 Å². The van der Waals surface area contributed by atoms with E-state index in [1.807, 2.05) is 24.3 Å². The molecule has 10 nitrogen and oxygen atoms in total. The Kier molecular flexibility index (Phi) is 8.47. The number of likely N-dealkylation sites (tertiary alicyclic amines) is 2. The second-order valence-corrected chi connectivity index (χ2v) is 10.4. The second-order valence-electron chi connectivity index (χ2n) is 10.4. The molecule has 0 radical (unpaired) electrons. The predicted octanol–water partition coefficient (Wildman–Crippen LogP) is 4.69. The van der Waals surface area contributed by atoms with Gasteiger partial charge < -0.3 is 24.9 Å². The number of nitrogens with one attached hydrogen (secondary N) is 2. The number of benzene rings is 2. The van der Waals surface area contributed by atoms with Crippen LogP contribution in [0.5, 0.6) is 0 Å². The minimum atomic E-state index is -0.432. The average molecular weight is 558 g/mol. The van der Waals surface area contributed by atoms with Crippen molar-refractivity contribution in [1.82, 2.24) is 14.8 Å². The number of amides is 4. The van der Waals surface area contributed by atoms with Gasteiger partial charge in [-0.25, -0.2) is 4.98 Å². The molecule has 2 aromatic carbocycles. The lowest BCUT2D eigenvalue weighted by Crippen LogP contribution is -2.42. The number of carbonyl (C=O) groups excluding carboxylic acids is 4. The van der Waals surface area contributed by atoms with Gasteiger partial charge in [-0.3, -0.25) is 19.2 Å². The summed E-state index contributed by atoms with van der Waals surface area (Å²) in [5.41, 5.74) is 2.84. The number of nitrogens with zero attached hydrogens (tertiary/aromatic N) is 3. The van der Waals surface area contributed by atoms with Gasteiger partial charge in [0.05, 0.1) is 6.20 Å². The van der Waals surface area contributed by atoms with E-state index >= 15 is 0 Å². The van der Waals surface area contributed by atoms with Crippen molar-refractivity contribution in [3.63, 3.8) is 0 Å². The van der Waals surface area contributed by atoms with Gasteiger partial charge in [-0.2, -0.15) is 0 Å². The van der Waals surface area contributed by atoms with Crippen molar-refractivity contribution in [1.29, 1.82) is 0 Å². The van der Waals surface area contributed by atoms with Crippen molar-refractivity contribution in [3.8, 4) is 22.8 Å². The first-order valence-corrected chi connectivity index (χ1v) is 14.2. The van der Waals surface area contributed by atoms with Crippen molar-refractivity contribution in [3.05, 3.63) is 54.7 Å². The summed E-state index contributed by atoms with van der Waals surface area (Å²) in [6.45, 7) is 4.85. The summed E-state index contributed by atoms with van der Waals surface area (Å²) in [5.74, 6) is 0.663. The van der Waals surface area contributed by atoms with E-state index in [-0.39, 0.29) is 23.6 Å². The van der Waals surface area contributed by atoms with Crippen molar-refractivity contribution in [2.24, 2.45) is 0 Å². The fourth-order valence-corrected chi connectivity index (χ4v) is 5.49. The first-order chi connectivity index (χ1) is 19.9. The highest BCUT2D eigenvalue weighted by Crippen LogP contribution is 2.29. The van der Waals surface area contributed by atoms with Gasteiger partial charge in [0.1, 0.15) is 12.1 Å². The van der Waals surface area contributed by atoms with E-state index in [4.69, 9.17) is 4.42 Å². The summed E-state index contributed by atoms with van der Waals surface area (Å²) in [6.07, 6.45) is 5.41. The van der Waals surface area contributed by atoms with Crippen molar-refractivity contribution in [2.75, 3.05) is 23.7 Å². The second kappa shape index (κ2) is 12.4. The van der Waals surface area contributed by atoms with Crippen LogP contribution in [-0.2, 0) is 19.2 Å². The quantitative estimate of drug-likeness (QED) is 0.414. The number of hydrogen-bond donors (Lipinski definition) is 2. The minimum absolute atomic E-state index is 0.000900. The maximum Gasteiger partial charge on any atom is 0.247 e. The molecule has 10 heteroatoms. The molecular formula is C31H35N5O5. The summed E-state index contributed by atoms with van der Waals surface area (Å²) in [4.78, 5) is 57.6. The molecule has 214 valence electrons. The smallest absolute Gasteiger partial charge is 0.247 e. The first kappa shape index (κ1) is 28.1. The zero-order chi connectivity index (χ0) is 28.9. The average Bonchev–Trinajstić information content (AvgIpc) is 3.78. The van der Waals surface area contributed by atoms with Crippen molar-refractivity contribution < 1.29 is 23.6 Å². The standard InChI is InChI=1S/C31H35N5O5/c1-3-27(37)35-17-5-7-24(35)29(39)33-22-13-9-20(10-14-22)26-19-32-31(41-26)21-11-15-23(16-12-21)34-30(40)25-8-6-18-36(25)28(38)4-2/h9-16,19,24-25H,3-8,17-18H2,1-2H3,(H,33,39)(H,34,40). The highest BCUT2D eigenvalue weighted by molar-refractivity contribution is 5.98. The van der Waals surface area contributed by atoms with E-state index in [1.165, 1.54) is 0 Å². The molecule has 2 fully saturated rings. The van der Waals surface area contributed by atoms with E-state index in [0.717, 1.165) is 24.0 Å². The molecule has 3 heterocycles. The van der Waals surface area contributed by atoms with Crippen LogP contribution < -0.4 is 10.6 Å². The summed E-state index contributed by atoms with van der Waals surface area (Å²) < 4.78 is 5.99. The molecule has 3 aromatic rings. The summed E-state index contributed by atoms with van der Waals surface area (Å²) >= 11 is 0. The lowest BCUT2D eigenvalue weighted by molar-refractivity contribution is -0.136. The molecule has 0 spiro atoms. The van der Waals surface area contributed by atoms with E-state index < -0.39 is 12.1 Å². The van der Waals surface area contributed by atoms with Crippen LogP contribution >= 0.6 is 0 Å². The number of anilines is 2. The Morgan fingerprint density at radius 2 is 1.22 bits per heavy atom. The Balaban J connectivity index is 1.19. The van der Waals surface area contributed by atoms with Crippen LogP contribution in [0, 0.1) is 0 Å². The Bertz CT molecular complexity index is 1310. The molecular weight excluding hydrogens is 522 g/mol. The van der Waals surface area contributed by atoms with Crippen LogP contribution in [0.1, 0.15) is 52.4 Å². The van der Waals surface area contributed by atoms with E-state index in [1.54, 1.807) is 54.1 Å². The molecule has 2 saturated heterocycles. The Labute approximate surface area is 239 Å². The molecule has 0 aliphatic carbocycles. The number of hydrogen-bond acceptors (Lipinski definition) is 6. The van der Waals surface area contributed by atoms with Crippen LogP contribution in [0.4, 0.5) is 11.4 Å². The van der Waals surface area contributed by atoms with Gasteiger partial charge in [-0.1, -0.05) is 13.8 Å². The van der Waals surface area contributed by atoms with Crippen molar-refractivity contribution >= 4 is 35.0 Å². The summed E-state index contributed by atoms with van der Waals surface area (Å²) in [7, 11) is 0. The first-order valence-electron chi connectivity index (χ1n) is 14.2. The summed E-state index contributed by atoms with van der Waals surface area (Å²) in [6, 6.07) is 13.6. The van der Waals surface area contributed by atoms with Crippen LogP contribution in [0.3, 0.4) is 0 Å². The molecule has 2 atom stereocenters. The largest absolute Gasteiger partial charge is 0.436 e. The molecule has 0 bridgehead atoms. The topological polar surface area (TPSA) is 125 Å². The third-order valence-corrected chi connectivity index (χ3v) is 7.70. The van der Waals surface area contributed by atoms with E-state index in [9.17, 15) is 19.2 Å². The lowest BCUT2D eigenvalue weighted by atomic mass is 10.1. The van der Waals surface area contributed by atoms with Crippen LogP contribution in [-0.4, -0.2) is 63.6 Å². The number of rotatable bonds is 8. The van der Waals surface area contributed by atoms with E-state index in [2.05, 4.69) is 15.6 Å².